The Hall–Kier alpha value is -2.91. The van der Waals surface area contributed by atoms with E-state index in [4.69, 9.17) is 9.47 Å². The summed E-state index contributed by atoms with van der Waals surface area (Å²) in [5.74, 6) is -0.967. The highest BCUT2D eigenvalue weighted by atomic mass is 32.2. The zero-order valence-corrected chi connectivity index (χ0v) is 18.2. The minimum atomic E-state index is -0.972. The number of anilines is 2. The van der Waals surface area contributed by atoms with Crippen molar-refractivity contribution in [3.05, 3.63) is 71.3 Å². The molecule has 0 radical (unpaired) electrons. The number of carbonyl (C=O) groups is 2. The van der Waals surface area contributed by atoms with E-state index in [1.807, 2.05) is 72.5 Å². The average Bonchev–Trinajstić information content (AvgIpc) is 3.31. The Balaban J connectivity index is 1.90. The Kier molecular flexibility index (Phi) is 5.48. The van der Waals surface area contributed by atoms with E-state index in [2.05, 4.69) is 5.10 Å². The first-order valence-electron chi connectivity index (χ1n) is 9.06. The van der Waals surface area contributed by atoms with Gasteiger partial charge in [0.05, 0.1) is 19.9 Å². The molecule has 0 bridgehead atoms. The molecule has 0 aliphatic carbocycles. The minimum Gasteiger partial charge on any atom is -0.465 e. The van der Waals surface area contributed by atoms with Crippen LogP contribution in [0.1, 0.15) is 6.92 Å². The number of nitrogens with zero attached hydrogens (tertiary/aromatic N) is 3. The van der Waals surface area contributed by atoms with Gasteiger partial charge in [0.25, 0.3) is 0 Å². The lowest BCUT2D eigenvalue weighted by Crippen LogP contribution is -2.49. The van der Waals surface area contributed by atoms with E-state index in [-0.39, 0.29) is 5.04 Å². The standard InChI is InChI=1S/C21H19N3O4S2/c1-14-17(19(25)27-2)29-21(23(14)15-10-6-4-7-11-15)24(16-12-8-5-9-13-16)22-18(30-21)20(26)28-3/h4-13H,1-3H3/t21-/m0/s1. The third-order valence-corrected chi connectivity index (χ3v) is 7.47. The van der Waals surface area contributed by atoms with Crippen LogP contribution in [0.25, 0.3) is 0 Å². The van der Waals surface area contributed by atoms with Crippen LogP contribution in [0.3, 0.4) is 0 Å². The summed E-state index contributed by atoms with van der Waals surface area (Å²) >= 11 is 2.53. The molecule has 2 heterocycles. The molecular weight excluding hydrogens is 422 g/mol. The molecule has 0 saturated heterocycles. The molecule has 1 spiro atoms. The topological polar surface area (TPSA) is 71.4 Å². The molecular formula is C21H19N3O4S2. The molecule has 30 heavy (non-hydrogen) atoms. The van der Waals surface area contributed by atoms with Gasteiger partial charge in [-0.2, -0.15) is 5.10 Å². The number of benzene rings is 2. The number of methoxy groups -OCH3 is 2. The molecule has 0 aromatic heterocycles. The highest BCUT2D eigenvalue weighted by Crippen LogP contribution is 2.60. The summed E-state index contributed by atoms with van der Waals surface area (Å²) in [5.41, 5.74) is 2.35. The summed E-state index contributed by atoms with van der Waals surface area (Å²) in [6, 6.07) is 19.2. The number of ether oxygens (including phenoxy) is 2. The normalized spacial score (nSPS) is 20.6. The van der Waals surface area contributed by atoms with Crippen molar-refractivity contribution >= 4 is 51.9 Å². The second-order valence-electron chi connectivity index (χ2n) is 6.37. The Labute approximate surface area is 182 Å². The molecule has 0 fully saturated rings. The van der Waals surface area contributed by atoms with Gasteiger partial charge >= 0.3 is 11.9 Å². The van der Waals surface area contributed by atoms with Crippen LogP contribution in [0, 0.1) is 0 Å². The molecule has 2 aliphatic heterocycles. The first-order chi connectivity index (χ1) is 14.5. The monoisotopic (exact) mass is 441 g/mol. The van der Waals surface area contributed by atoms with Crippen molar-refractivity contribution in [1.82, 2.24) is 0 Å². The smallest absolute Gasteiger partial charge is 0.365 e. The molecule has 2 aliphatic rings. The Morgan fingerprint density at radius 2 is 1.43 bits per heavy atom. The molecule has 0 amide bonds. The van der Waals surface area contributed by atoms with Gasteiger partial charge in [0.1, 0.15) is 4.91 Å². The maximum absolute atomic E-state index is 12.6. The van der Waals surface area contributed by atoms with Gasteiger partial charge in [-0.3, -0.25) is 0 Å². The van der Waals surface area contributed by atoms with Crippen LogP contribution >= 0.6 is 23.5 Å². The number of allylic oxidation sites excluding steroid dienone is 1. The summed E-state index contributed by atoms with van der Waals surface area (Å²) in [6.07, 6.45) is 0. The van der Waals surface area contributed by atoms with Gasteiger partial charge in [0.2, 0.25) is 9.37 Å². The second kappa shape index (κ2) is 8.08. The van der Waals surface area contributed by atoms with E-state index < -0.39 is 16.3 Å². The maximum atomic E-state index is 12.6. The van der Waals surface area contributed by atoms with Crippen molar-refractivity contribution in [3.8, 4) is 0 Å². The van der Waals surface area contributed by atoms with Crippen molar-refractivity contribution in [2.75, 3.05) is 24.1 Å². The summed E-state index contributed by atoms with van der Waals surface area (Å²) in [7, 11) is 2.68. The highest BCUT2D eigenvalue weighted by molar-refractivity contribution is 8.29. The van der Waals surface area contributed by atoms with Gasteiger partial charge in [0.15, 0.2) is 0 Å². The van der Waals surface area contributed by atoms with E-state index in [1.165, 1.54) is 37.7 Å². The van der Waals surface area contributed by atoms with Crippen LogP contribution in [0.15, 0.2) is 76.4 Å². The predicted molar refractivity (Wildman–Crippen MR) is 120 cm³/mol. The summed E-state index contributed by atoms with van der Waals surface area (Å²) < 4.78 is 8.99. The highest BCUT2D eigenvalue weighted by Gasteiger charge is 2.58. The molecule has 4 rings (SSSR count). The van der Waals surface area contributed by atoms with E-state index in [0.717, 1.165) is 11.4 Å². The third kappa shape index (κ3) is 3.23. The van der Waals surface area contributed by atoms with Crippen LogP contribution in [0.2, 0.25) is 0 Å². The molecule has 7 nitrogen and oxygen atoms in total. The predicted octanol–water partition coefficient (Wildman–Crippen LogP) is 4.00. The molecule has 1 atom stereocenters. The fourth-order valence-electron chi connectivity index (χ4n) is 3.29. The van der Waals surface area contributed by atoms with Crippen molar-refractivity contribution in [2.45, 2.75) is 11.3 Å². The van der Waals surface area contributed by atoms with Crippen LogP contribution in [0.5, 0.6) is 0 Å². The van der Waals surface area contributed by atoms with Crippen molar-refractivity contribution in [2.24, 2.45) is 5.10 Å². The number of carbonyl (C=O) groups excluding carboxylic acids is 2. The van der Waals surface area contributed by atoms with E-state index in [1.54, 1.807) is 5.01 Å². The van der Waals surface area contributed by atoms with Crippen LogP contribution < -0.4 is 9.91 Å². The molecule has 0 unspecified atom stereocenters. The van der Waals surface area contributed by atoms with Crippen LogP contribution in [-0.4, -0.2) is 35.5 Å². The number of esters is 2. The second-order valence-corrected chi connectivity index (χ2v) is 8.97. The summed E-state index contributed by atoms with van der Waals surface area (Å²) in [6.45, 7) is 1.86. The molecule has 154 valence electrons. The van der Waals surface area contributed by atoms with Crippen LogP contribution in [0.4, 0.5) is 11.4 Å². The quantitative estimate of drug-likeness (QED) is 0.660. The summed E-state index contributed by atoms with van der Waals surface area (Å²) in [5, 5.41) is 6.54. The number of hydrogen-bond acceptors (Lipinski definition) is 9. The Morgan fingerprint density at radius 1 is 0.867 bits per heavy atom. The minimum absolute atomic E-state index is 0.203. The van der Waals surface area contributed by atoms with Crippen molar-refractivity contribution < 1.29 is 19.1 Å². The third-order valence-electron chi connectivity index (χ3n) is 4.62. The van der Waals surface area contributed by atoms with E-state index >= 15 is 0 Å². The average molecular weight is 442 g/mol. The largest absolute Gasteiger partial charge is 0.465 e. The number of para-hydroxylation sites is 2. The lowest BCUT2D eigenvalue weighted by molar-refractivity contribution is -0.135. The molecule has 0 saturated carbocycles. The van der Waals surface area contributed by atoms with Crippen LogP contribution in [-0.2, 0) is 19.1 Å². The Bertz CT molecular complexity index is 1040. The van der Waals surface area contributed by atoms with Crippen molar-refractivity contribution in [1.29, 1.82) is 0 Å². The van der Waals surface area contributed by atoms with Gasteiger partial charge < -0.3 is 14.4 Å². The van der Waals surface area contributed by atoms with Gasteiger partial charge in [-0.25, -0.2) is 14.6 Å². The molecule has 9 heteroatoms. The Morgan fingerprint density at radius 3 is 2.00 bits per heavy atom. The zero-order chi connectivity index (χ0) is 21.3. The van der Waals surface area contributed by atoms with Gasteiger partial charge in [-0.1, -0.05) is 48.2 Å². The fraction of sp³-hybridized carbons (Fsp3) is 0.190. The molecule has 2 aromatic carbocycles. The van der Waals surface area contributed by atoms with E-state index in [0.29, 0.717) is 10.6 Å². The maximum Gasteiger partial charge on any atom is 0.365 e. The SMILES string of the molecule is COC(=O)C1=NN(c2ccccc2)[C@]2(S1)SC(C(=O)OC)=C(C)N2c1ccccc1. The van der Waals surface area contributed by atoms with Gasteiger partial charge in [-0.05, 0) is 43.0 Å². The fourth-order valence-corrected chi connectivity index (χ4v) is 6.29. The zero-order valence-electron chi connectivity index (χ0n) is 16.6. The van der Waals surface area contributed by atoms with Crippen molar-refractivity contribution in [3.63, 3.8) is 0 Å². The number of rotatable bonds is 4. The van der Waals surface area contributed by atoms with Gasteiger partial charge in [0, 0.05) is 11.4 Å². The van der Waals surface area contributed by atoms with E-state index in [9.17, 15) is 9.59 Å². The number of hydrazone groups is 1. The lowest BCUT2D eigenvalue weighted by atomic mass is 10.2. The van der Waals surface area contributed by atoms with Gasteiger partial charge in [-0.15, -0.1) is 0 Å². The molecule has 0 N–H and O–H groups in total. The first kappa shape index (κ1) is 20.4. The number of hydrogen-bond donors (Lipinski definition) is 0. The summed E-state index contributed by atoms with van der Waals surface area (Å²) in [4.78, 5) is 27.4. The first-order valence-corrected chi connectivity index (χ1v) is 10.7. The lowest BCUT2D eigenvalue weighted by Gasteiger charge is -2.41. The number of thioether (sulfide) groups is 2. The molecule has 2 aromatic rings.